The number of piperidine rings is 1. The maximum atomic E-state index is 12.8. The Hall–Kier alpha value is -1.40. The molecule has 1 aromatic carbocycles. The molecule has 6 heteroatoms. The second kappa shape index (κ2) is 8.53. The van der Waals surface area contributed by atoms with E-state index < -0.39 is 10.0 Å². The maximum absolute atomic E-state index is 12.8. The monoisotopic (exact) mass is 378 g/mol. The largest absolute Gasteiger partial charge is 0.342 e. The number of benzene rings is 1. The summed E-state index contributed by atoms with van der Waals surface area (Å²) in [6, 6.07) is 7.62. The fourth-order valence-electron chi connectivity index (χ4n) is 3.99. The molecular formula is C20H30N2O3S. The van der Waals surface area contributed by atoms with E-state index in [1.165, 1.54) is 12.8 Å². The Labute approximate surface area is 157 Å². The Balaban J connectivity index is 1.57. The molecule has 0 bridgehead atoms. The molecular weight excluding hydrogens is 348 g/mol. The van der Waals surface area contributed by atoms with E-state index in [4.69, 9.17) is 0 Å². The highest BCUT2D eigenvalue weighted by molar-refractivity contribution is 7.88. The molecule has 2 saturated heterocycles. The molecule has 144 valence electrons. The summed E-state index contributed by atoms with van der Waals surface area (Å²) in [5.41, 5.74) is 1.86. The molecule has 2 aliphatic rings. The summed E-state index contributed by atoms with van der Waals surface area (Å²) in [6.07, 6.45) is 5.88. The van der Waals surface area contributed by atoms with Crippen molar-refractivity contribution in [1.82, 2.24) is 9.21 Å². The van der Waals surface area contributed by atoms with Crippen LogP contribution < -0.4 is 0 Å². The molecule has 2 aliphatic heterocycles. The van der Waals surface area contributed by atoms with Gasteiger partial charge in [0.15, 0.2) is 0 Å². The molecule has 0 unspecified atom stereocenters. The molecule has 1 amide bonds. The SMILES string of the molecule is Cc1ccccc1CS(=O)(=O)N1CCC(C(=O)N2CCCCCC2)CC1. The molecule has 0 aliphatic carbocycles. The third-order valence-corrected chi connectivity index (χ3v) is 7.54. The minimum atomic E-state index is -3.33. The van der Waals surface area contributed by atoms with Gasteiger partial charge >= 0.3 is 0 Å². The lowest BCUT2D eigenvalue weighted by Crippen LogP contribution is -2.45. The van der Waals surface area contributed by atoms with Crippen LogP contribution in [0.4, 0.5) is 0 Å². The van der Waals surface area contributed by atoms with Gasteiger partial charge in [0.05, 0.1) is 5.75 Å². The number of nitrogens with zero attached hydrogens (tertiary/aromatic N) is 2. The normalized spacial score (nSPS) is 20.7. The summed E-state index contributed by atoms with van der Waals surface area (Å²) in [4.78, 5) is 14.8. The van der Waals surface area contributed by atoms with Gasteiger partial charge in [-0.25, -0.2) is 12.7 Å². The van der Waals surface area contributed by atoms with Crippen molar-refractivity contribution in [3.8, 4) is 0 Å². The lowest BCUT2D eigenvalue weighted by atomic mass is 9.96. The van der Waals surface area contributed by atoms with Crippen LogP contribution in [-0.2, 0) is 20.6 Å². The van der Waals surface area contributed by atoms with Gasteiger partial charge in [-0.3, -0.25) is 4.79 Å². The summed E-state index contributed by atoms with van der Waals surface area (Å²) in [6.45, 7) is 4.59. The molecule has 26 heavy (non-hydrogen) atoms. The average Bonchev–Trinajstić information content (AvgIpc) is 2.92. The van der Waals surface area contributed by atoms with E-state index in [1.807, 2.05) is 36.1 Å². The number of likely N-dealkylation sites (tertiary alicyclic amines) is 1. The lowest BCUT2D eigenvalue weighted by Gasteiger charge is -2.33. The zero-order chi connectivity index (χ0) is 18.6. The zero-order valence-electron chi connectivity index (χ0n) is 15.7. The smallest absolute Gasteiger partial charge is 0.225 e. The van der Waals surface area contributed by atoms with Crippen molar-refractivity contribution in [1.29, 1.82) is 0 Å². The third kappa shape index (κ3) is 4.65. The van der Waals surface area contributed by atoms with Gasteiger partial charge in [0.25, 0.3) is 0 Å². The van der Waals surface area contributed by atoms with E-state index in [0.717, 1.165) is 37.1 Å². The third-order valence-electron chi connectivity index (χ3n) is 5.71. The Morgan fingerprint density at radius 2 is 1.62 bits per heavy atom. The first kappa shape index (κ1) is 19.4. The number of rotatable bonds is 4. The Bertz CT molecular complexity index is 716. The quantitative estimate of drug-likeness (QED) is 0.809. The zero-order valence-corrected chi connectivity index (χ0v) is 16.5. The van der Waals surface area contributed by atoms with E-state index in [2.05, 4.69) is 0 Å². The van der Waals surface area contributed by atoms with Crippen LogP contribution in [0.2, 0.25) is 0 Å². The molecule has 0 saturated carbocycles. The summed E-state index contributed by atoms with van der Waals surface area (Å²) >= 11 is 0. The highest BCUT2D eigenvalue weighted by Crippen LogP contribution is 2.25. The number of carbonyl (C=O) groups is 1. The number of aryl methyl sites for hydroxylation is 1. The van der Waals surface area contributed by atoms with Crippen molar-refractivity contribution in [2.45, 2.75) is 51.2 Å². The van der Waals surface area contributed by atoms with Gasteiger partial charge in [0.1, 0.15) is 0 Å². The first-order valence-corrected chi connectivity index (χ1v) is 11.4. The summed E-state index contributed by atoms with van der Waals surface area (Å²) < 4.78 is 27.1. The lowest BCUT2D eigenvalue weighted by molar-refractivity contribution is -0.136. The van der Waals surface area contributed by atoms with E-state index in [1.54, 1.807) is 4.31 Å². The number of amides is 1. The Kier molecular flexibility index (Phi) is 6.35. The number of carbonyl (C=O) groups excluding carboxylic acids is 1. The molecule has 0 atom stereocenters. The highest BCUT2D eigenvalue weighted by atomic mass is 32.2. The van der Waals surface area contributed by atoms with Crippen LogP contribution in [0.25, 0.3) is 0 Å². The van der Waals surface area contributed by atoms with Crippen LogP contribution in [-0.4, -0.2) is 49.7 Å². The molecule has 1 aromatic rings. The van der Waals surface area contributed by atoms with Crippen LogP contribution in [0.3, 0.4) is 0 Å². The van der Waals surface area contributed by atoms with Crippen molar-refractivity contribution in [2.75, 3.05) is 26.2 Å². The standard InChI is InChI=1S/C20H30N2O3S/c1-17-8-4-5-9-19(17)16-26(24,25)22-14-10-18(11-15-22)20(23)21-12-6-2-3-7-13-21/h4-5,8-9,18H,2-3,6-7,10-16H2,1H3. The van der Waals surface area contributed by atoms with Gasteiger partial charge in [-0.15, -0.1) is 0 Å². The fraction of sp³-hybridized carbons (Fsp3) is 0.650. The van der Waals surface area contributed by atoms with Crippen LogP contribution in [0, 0.1) is 12.8 Å². The molecule has 5 nitrogen and oxygen atoms in total. The molecule has 0 aromatic heterocycles. The second-order valence-corrected chi connectivity index (χ2v) is 9.56. The summed E-state index contributed by atoms with van der Waals surface area (Å²) in [5, 5.41) is 0. The van der Waals surface area contributed by atoms with Gasteiger partial charge in [-0.1, -0.05) is 37.1 Å². The predicted molar refractivity (Wildman–Crippen MR) is 103 cm³/mol. The van der Waals surface area contributed by atoms with Gasteiger partial charge in [0, 0.05) is 32.1 Å². The van der Waals surface area contributed by atoms with Crippen molar-refractivity contribution in [2.24, 2.45) is 5.92 Å². The second-order valence-electron chi connectivity index (χ2n) is 7.60. The van der Waals surface area contributed by atoms with Crippen molar-refractivity contribution in [3.63, 3.8) is 0 Å². The fourth-order valence-corrected chi connectivity index (χ4v) is 5.66. The van der Waals surface area contributed by atoms with Crippen LogP contribution in [0.15, 0.2) is 24.3 Å². The minimum absolute atomic E-state index is 0.0157. The number of sulfonamides is 1. The molecule has 0 N–H and O–H groups in total. The average molecular weight is 379 g/mol. The van der Waals surface area contributed by atoms with Gasteiger partial charge in [-0.2, -0.15) is 0 Å². The Morgan fingerprint density at radius 3 is 2.23 bits per heavy atom. The molecule has 2 fully saturated rings. The number of hydrogen-bond acceptors (Lipinski definition) is 3. The van der Waals surface area contributed by atoms with Gasteiger partial charge < -0.3 is 4.90 Å². The molecule has 0 spiro atoms. The van der Waals surface area contributed by atoms with Crippen LogP contribution in [0.5, 0.6) is 0 Å². The minimum Gasteiger partial charge on any atom is -0.342 e. The van der Waals surface area contributed by atoms with Crippen molar-refractivity contribution < 1.29 is 13.2 Å². The van der Waals surface area contributed by atoms with Crippen LogP contribution in [0.1, 0.15) is 49.7 Å². The summed E-state index contributed by atoms with van der Waals surface area (Å²) in [7, 11) is -3.33. The molecule has 0 radical (unpaired) electrons. The summed E-state index contributed by atoms with van der Waals surface area (Å²) in [5.74, 6) is 0.269. The van der Waals surface area contributed by atoms with E-state index in [0.29, 0.717) is 25.9 Å². The molecule has 3 rings (SSSR count). The van der Waals surface area contributed by atoms with Gasteiger partial charge in [-0.05, 0) is 43.7 Å². The molecule has 2 heterocycles. The van der Waals surface area contributed by atoms with Crippen molar-refractivity contribution >= 4 is 15.9 Å². The van der Waals surface area contributed by atoms with E-state index >= 15 is 0 Å². The Morgan fingerprint density at radius 1 is 1.00 bits per heavy atom. The van der Waals surface area contributed by atoms with E-state index in [9.17, 15) is 13.2 Å². The maximum Gasteiger partial charge on any atom is 0.225 e. The van der Waals surface area contributed by atoms with E-state index in [-0.39, 0.29) is 17.6 Å². The van der Waals surface area contributed by atoms with Crippen molar-refractivity contribution in [3.05, 3.63) is 35.4 Å². The first-order valence-electron chi connectivity index (χ1n) is 9.78. The topological polar surface area (TPSA) is 57.7 Å². The van der Waals surface area contributed by atoms with Gasteiger partial charge in [0.2, 0.25) is 15.9 Å². The predicted octanol–water partition coefficient (Wildman–Crippen LogP) is 2.94. The first-order chi connectivity index (χ1) is 12.5. The van der Waals surface area contributed by atoms with Crippen LogP contribution >= 0.6 is 0 Å². The highest BCUT2D eigenvalue weighted by Gasteiger charge is 2.33. The number of hydrogen-bond donors (Lipinski definition) is 0.